The lowest BCUT2D eigenvalue weighted by Gasteiger charge is -2.37. The molecule has 3 fully saturated rings. The SMILES string of the molecule is CN1C[C@H](F)C[C@H]1COc1nc(N2[C@@H]3CC[C@H]2CNC3)c2cc(Cl)c(-c3ccc(F)c4sc(N)nc34)c(F)c2n1. The second kappa shape index (κ2) is 9.86. The zero-order valence-corrected chi connectivity index (χ0v) is 23.2. The zero-order valence-electron chi connectivity index (χ0n) is 21.6. The number of piperazine rings is 1. The maximum Gasteiger partial charge on any atom is 0.319 e. The van der Waals surface area contributed by atoms with Gasteiger partial charge in [0.2, 0.25) is 0 Å². The van der Waals surface area contributed by atoms with E-state index in [4.69, 9.17) is 27.1 Å². The van der Waals surface area contributed by atoms with Gasteiger partial charge in [0.15, 0.2) is 10.9 Å². The lowest BCUT2D eigenvalue weighted by atomic mass is 10.0. The number of nitrogens with two attached hydrogens (primary N) is 1. The number of ether oxygens (including phenoxy) is 1. The Bertz CT molecular complexity index is 1620. The van der Waals surface area contributed by atoms with Gasteiger partial charge in [0.05, 0.1) is 15.2 Å². The van der Waals surface area contributed by atoms with Crippen molar-refractivity contribution in [1.82, 2.24) is 25.2 Å². The predicted molar refractivity (Wildman–Crippen MR) is 151 cm³/mol. The number of nitrogen functional groups attached to an aromatic ring is 1. The zero-order chi connectivity index (χ0) is 27.7. The third-order valence-electron chi connectivity index (χ3n) is 8.29. The van der Waals surface area contributed by atoms with E-state index in [9.17, 15) is 8.78 Å². The molecule has 4 aromatic rings. The van der Waals surface area contributed by atoms with Crippen molar-refractivity contribution < 1.29 is 17.9 Å². The molecule has 5 heterocycles. The highest BCUT2D eigenvalue weighted by Gasteiger charge is 2.39. The topological polar surface area (TPSA) is 92.4 Å². The molecule has 0 radical (unpaired) electrons. The minimum Gasteiger partial charge on any atom is -0.462 e. The van der Waals surface area contributed by atoms with Crippen LogP contribution in [-0.4, -0.2) is 77.4 Å². The van der Waals surface area contributed by atoms with Crippen LogP contribution in [0.2, 0.25) is 5.02 Å². The molecular formula is C27H27ClF3N7OS. The van der Waals surface area contributed by atoms with Crippen molar-refractivity contribution in [3.8, 4) is 17.1 Å². The van der Waals surface area contributed by atoms with Gasteiger partial charge in [-0.1, -0.05) is 22.9 Å². The summed E-state index contributed by atoms with van der Waals surface area (Å²) in [6.45, 7) is 2.09. The average Bonchev–Trinajstić information content (AvgIpc) is 3.55. The summed E-state index contributed by atoms with van der Waals surface area (Å²) in [6, 6.07) is 4.63. The minimum absolute atomic E-state index is 0.0190. The van der Waals surface area contributed by atoms with Gasteiger partial charge in [0, 0.05) is 54.3 Å². The van der Waals surface area contributed by atoms with Gasteiger partial charge in [-0.25, -0.2) is 18.2 Å². The van der Waals surface area contributed by atoms with Gasteiger partial charge in [-0.3, -0.25) is 4.90 Å². The van der Waals surface area contributed by atoms with Gasteiger partial charge >= 0.3 is 6.01 Å². The fourth-order valence-corrected chi connectivity index (χ4v) is 7.42. The molecule has 3 saturated heterocycles. The van der Waals surface area contributed by atoms with Gasteiger partial charge in [-0.2, -0.15) is 9.97 Å². The largest absolute Gasteiger partial charge is 0.462 e. The highest BCUT2D eigenvalue weighted by Crippen LogP contribution is 2.44. The van der Waals surface area contributed by atoms with Crippen LogP contribution >= 0.6 is 22.9 Å². The van der Waals surface area contributed by atoms with Crippen molar-refractivity contribution >= 4 is 55.0 Å². The number of nitrogens with zero attached hydrogens (tertiary/aromatic N) is 5. The summed E-state index contributed by atoms with van der Waals surface area (Å²) in [5.41, 5.74) is 6.52. The second-order valence-corrected chi connectivity index (χ2v) is 12.2. The number of benzene rings is 2. The average molecular weight is 590 g/mol. The molecule has 13 heteroatoms. The van der Waals surface area contributed by atoms with Crippen molar-refractivity contribution in [2.75, 3.05) is 43.9 Å². The Morgan fingerprint density at radius 3 is 2.65 bits per heavy atom. The molecule has 8 nitrogen and oxygen atoms in total. The first-order chi connectivity index (χ1) is 19.3. The predicted octanol–water partition coefficient (Wildman–Crippen LogP) is 4.78. The Morgan fingerprint density at radius 2 is 1.93 bits per heavy atom. The van der Waals surface area contributed by atoms with Crippen molar-refractivity contribution in [3.63, 3.8) is 0 Å². The van der Waals surface area contributed by atoms with Crippen molar-refractivity contribution in [3.05, 3.63) is 34.9 Å². The number of thiazole rings is 1. The van der Waals surface area contributed by atoms with Gasteiger partial charge in [-0.05, 0) is 44.5 Å². The van der Waals surface area contributed by atoms with Gasteiger partial charge in [0.25, 0.3) is 0 Å². The molecule has 4 atom stereocenters. The molecule has 2 bridgehead atoms. The Hall–Kier alpha value is -2.93. The van der Waals surface area contributed by atoms with Crippen LogP contribution in [0.3, 0.4) is 0 Å². The molecule has 3 aliphatic heterocycles. The molecule has 0 amide bonds. The van der Waals surface area contributed by atoms with Crippen LogP contribution in [-0.2, 0) is 0 Å². The number of rotatable bonds is 5. The van der Waals surface area contributed by atoms with Crippen LogP contribution in [0, 0.1) is 11.6 Å². The molecule has 0 aliphatic carbocycles. The molecule has 0 spiro atoms. The summed E-state index contributed by atoms with van der Waals surface area (Å²) in [7, 11) is 1.85. The Labute approximate surface area is 237 Å². The Morgan fingerprint density at radius 1 is 1.15 bits per heavy atom. The molecule has 2 aromatic heterocycles. The number of nitrogens with one attached hydrogen (secondary N) is 1. The highest BCUT2D eigenvalue weighted by atomic mass is 35.5. The normalized spacial score (nSPS) is 25.0. The number of anilines is 2. The van der Waals surface area contributed by atoms with E-state index >= 15 is 4.39 Å². The number of hydrogen-bond acceptors (Lipinski definition) is 9. The molecular weight excluding hydrogens is 563 g/mol. The quantitative estimate of drug-likeness (QED) is 0.344. The minimum atomic E-state index is -0.919. The summed E-state index contributed by atoms with van der Waals surface area (Å²) in [6.07, 6.45) is 1.40. The number of hydrogen-bond donors (Lipinski definition) is 2. The Balaban J connectivity index is 1.39. The summed E-state index contributed by atoms with van der Waals surface area (Å²) in [4.78, 5) is 17.7. The summed E-state index contributed by atoms with van der Waals surface area (Å²) < 4.78 is 51.3. The lowest BCUT2D eigenvalue weighted by molar-refractivity contribution is 0.188. The standard InChI is InChI=1S/C27H27ClF3N7OS/c1-37-10-12(29)6-15(37)11-39-27-35-22-17(25(36-27)38-13-2-3-14(38)9-33-8-13)7-18(28)20(21(22)31)16-4-5-19(30)24-23(16)34-26(32)40-24/h4-5,7,12-15,33H,2-3,6,8-11H2,1H3,(H2,32,34)/t12-,13-,14+,15+/m1/s1. The van der Waals surface area contributed by atoms with Crippen LogP contribution < -0.4 is 20.7 Å². The molecule has 0 unspecified atom stereocenters. The third-order valence-corrected chi connectivity index (χ3v) is 9.48. The van der Waals surface area contributed by atoms with E-state index in [0.717, 1.165) is 37.3 Å². The maximum atomic E-state index is 16.6. The van der Waals surface area contributed by atoms with E-state index in [0.29, 0.717) is 29.7 Å². The molecule has 0 saturated carbocycles. The van der Waals surface area contributed by atoms with E-state index in [1.54, 1.807) is 6.07 Å². The smallest absolute Gasteiger partial charge is 0.319 e. The Kier molecular flexibility index (Phi) is 6.41. The monoisotopic (exact) mass is 589 g/mol. The summed E-state index contributed by atoms with van der Waals surface area (Å²) in [5.74, 6) is -0.612. The highest BCUT2D eigenvalue weighted by molar-refractivity contribution is 7.22. The van der Waals surface area contributed by atoms with Crippen molar-refractivity contribution in [1.29, 1.82) is 0 Å². The van der Waals surface area contributed by atoms with E-state index in [1.165, 1.54) is 12.1 Å². The third kappa shape index (κ3) is 4.23. The number of halogens is 4. The number of alkyl halides is 1. The summed E-state index contributed by atoms with van der Waals surface area (Å²) in [5, 5.41) is 4.22. The van der Waals surface area contributed by atoms with E-state index in [-0.39, 0.29) is 62.2 Å². The molecule has 210 valence electrons. The van der Waals surface area contributed by atoms with E-state index < -0.39 is 17.8 Å². The van der Waals surface area contributed by atoms with Crippen molar-refractivity contribution in [2.24, 2.45) is 0 Å². The van der Waals surface area contributed by atoms with Crippen LogP contribution in [0.1, 0.15) is 19.3 Å². The van der Waals surface area contributed by atoms with Crippen LogP contribution in [0.25, 0.3) is 32.2 Å². The molecule has 3 aliphatic rings. The lowest BCUT2D eigenvalue weighted by Crippen LogP contribution is -2.52. The molecule has 7 rings (SSSR count). The van der Waals surface area contributed by atoms with E-state index in [1.807, 2.05) is 11.9 Å². The number of likely N-dealkylation sites (tertiary alicyclic amines) is 1. The first-order valence-electron chi connectivity index (χ1n) is 13.3. The van der Waals surface area contributed by atoms with Gasteiger partial charge < -0.3 is 20.7 Å². The van der Waals surface area contributed by atoms with E-state index in [2.05, 4.69) is 20.2 Å². The molecule has 2 aromatic carbocycles. The van der Waals surface area contributed by atoms with Crippen LogP contribution in [0.4, 0.5) is 24.1 Å². The number of likely N-dealkylation sites (N-methyl/N-ethyl adjacent to an activating group) is 1. The van der Waals surface area contributed by atoms with Crippen molar-refractivity contribution in [2.45, 2.75) is 43.6 Å². The number of fused-ring (bicyclic) bond motifs is 4. The molecule has 3 N–H and O–H groups in total. The fraction of sp³-hybridized carbons (Fsp3) is 0.444. The first-order valence-corrected chi connectivity index (χ1v) is 14.5. The summed E-state index contributed by atoms with van der Waals surface area (Å²) >= 11 is 7.75. The first kappa shape index (κ1) is 26.0. The fourth-order valence-electron chi connectivity index (χ4n) is 6.36. The number of aromatic nitrogens is 3. The van der Waals surface area contributed by atoms with Gasteiger partial charge in [-0.15, -0.1) is 0 Å². The maximum absolute atomic E-state index is 16.6. The molecule has 40 heavy (non-hydrogen) atoms. The van der Waals surface area contributed by atoms with Crippen LogP contribution in [0.15, 0.2) is 18.2 Å². The second-order valence-electron chi connectivity index (χ2n) is 10.8. The van der Waals surface area contributed by atoms with Gasteiger partial charge in [0.1, 0.15) is 29.9 Å². The van der Waals surface area contributed by atoms with Crippen LogP contribution in [0.5, 0.6) is 6.01 Å².